The average Bonchev–Trinajstić information content (AvgIpc) is 2.72. The number of rotatable bonds is 9. The maximum Gasteiger partial charge on any atom is 0.312 e. The largest absolute Gasteiger partial charge is 0.383 e. The van der Waals surface area contributed by atoms with E-state index in [1.165, 1.54) is 4.90 Å². The zero-order chi connectivity index (χ0) is 19.5. The first-order valence-electron chi connectivity index (χ1n) is 8.85. The third-order valence-corrected chi connectivity index (χ3v) is 4.15. The molecule has 0 atom stereocenters. The van der Waals surface area contributed by atoms with Crippen LogP contribution in [0.15, 0.2) is 60.7 Å². The van der Waals surface area contributed by atoms with E-state index in [1.54, 1.807) is 14.2 Å². The molecule has 27 heavy (non-hydrogen) atoms. The normalized spacial score (nSPS) is 10.6. The van der Waals surface area contributed by atoms with Crippen LogP contribution in [0.2, 0.25) is 0 Å². The van der Waals surface area contributed by atoms with Gasteiger partial charge in [0.2, 0.25) is 0 Å². The standard InChI is InChI=1S/C21H26N2O4/c1-26-15-13-23(14-16-27-2)21(25)20(24)22-19(17-9-5-3-6-10-17)18-11-7-4-8-12-18/h3-12,19H,13-16H2,1-2H3,(H,22,24). The molecule has 0 spiro atoms. The second-order valence-electron chi connectivity index (χ2n) is 6.01. The fraction of sp³-hybridized carbons (Fsp3) is 0.333. The lowest BCUT2D eigenvalue weighted by atomic mass is 9.98. The zero-order valence-electron chi connectivity index (χ0n) is 15.8. The van der Waals surface area contributed by atoms with E-state index in [2.05, 4.69) is 5.32 Å². The third-order valence-electron chi connectivity index (χ3n) is 4.15. The van der Waals surface area contributed by atoms with Crippen molar-refractivity contribution in [3.63, 3.8) is 0 Å². The minimum absolute atomic E-state index is 0.327. The highest BCUT2D eigenvalue weighted by atomic mass is 16.5. The van der Waals surface area contributed by atoms with Gasteiger partial charge < -0.3 is 19.7 Å². The molecule has 0 saturated carbocycles. The van der Waals surface area contributed by atoms with Crippen molar-refractivity contribution in [1.82, 2.24) is 10.2 Å². The SMILES string of the molecule is COCCN(CCOC)C(=O)C(=O)NC(c1ccccc1)c1ccccc1. The van der Waals surface area contributed by atoms with Crippen LogP contribution in [-0.4, -0.2) is 57.2 Å². The van der Waals surface area contributed by atoms with Crippen LogP contribution in [0.3, 0.4) is 0 Å². The fourth-order valence-electron chi connectivity index (χ4n) is 2.70. The van der Waals surface area contributed by atoms with Crippen LogP contribution in [-0.2, 0) is 19.1 Å². The van der Waals surface area contributed by atoms with Crippen LogP contribution in [0.1, 0.15) is 17.2 Å². The van der Waals surface area contributed by atoms with Gasteiger partial charge >= 0.3 is 11.8 Å². The Morgan fingerprint density at radius 2 is 1.30 bits per heavy atom. The molecule has 2 aromatic rings. The molecule has 2 rings (SSSR count). The molecule has 6 nitrogen and oxygen atoms in total. The van der Waals surface area contributed by atoms with Crippen LogP contribution in [0.5, 0.6) is 0 Å². The number of hydrogen-bond donors (Lipinski definition) is 1. The summed E-state index contributed by atoms with van der Waals surface area (Å²) in [5, 5.41) is 2.87. The number of nitrogens with one attached hydrogen (secondary N) is 1. The van der Waals surface area contributed by atoms with Gasteiger partial charge in [-0.25, -0.2) is 0 Å². The van der Waals surface area contributed by atoms with E-state index in [4.69, 9.17) is 9.47 Å². The van der Waals surface area contributed by atoms with Gasteiger partial charge in [-0.3, -0.25) is 9.59 Å². The van der Waals surface area contributed by atoms with E-state index in [0.29, 0.717) is 26.3 Å². The van der Waals surface area contributed by atoms with E-state index in [1.807, 2.05) is 60.7 Å². The van der Waals surface area contributed by atoms with Crippen molar-refractivity contribution in [1.29, 1.82) is 0 Å². The second kappa shape index (κ2) is 11.1. The predicted molar refractivity (Wildman–Crippen MR) is 103 cm³/mol. The first-order chi connectivity index (χ1) is 13.2. The maximum absolute atomic E-state index is 12.7. The summed E-state index contributed by atoms with van der Waals surface area (Å²) < 4.78 is 10.1. The summed E-state index contributed by atoms with van der Waals surface area (Å²) in [7, 11) is 3.11. The van der Waals surface area contributed by atoms with Crippen molar-refractivity contribution in [2.45, 2.75) is 6.04 Å². The molecule has 0 radical (unpaired) electrons. The van der Waals surface area contributed by atoms with E-state index < -0.39 is 17.9 Å². The lowest BCUT2D eigenvalue weighted by Gasteiger charge is -2.24. The molecular formula is C21H26N2O4. The summed E-state index contributed by atoms with van der Waals surface area (Å²) in [6.45, 7) is 1.36. The summed E-state index contributed by atoms with van der Waals surface area (Å²) in [6.07, 6.45) is 0. The molecular weight excluding hydrogens is 344 g/mol. The van der Waals surface area contributed by atoms with Gasteiger partial charge in [0, 0.05) is 27.3 Å². The molecule has 1 N–H and O–H groups in total. The monoisotopic (exact) mass is 370 g/mol. The molecule has 2 amide bonds. The topological polar surface area (TPSA) is 67.9 Å². The van der Waals surface area contributed by atoms with E-state index in [0.717, 1.165) is 11.1 Å². The van der Waals surface area contributed by atoms with Gasteiger partial charge in [0.1, 0.15) is 0 Å². The molecule has 144 valence electrons. The molecule has 0 heterocycles. The highest BCUT2D eigenvalue weighted by molar-refractivity contribution is 6.35. The van der Waals surface area contributed by atoms with Gasteiger partial charge in [0.25, 0.3) is 0 Å². The minimum atomic E-state index is -0.653. The molecule has 0 aromatic heterocycles. The summed E-state index contributed by atoms with van der Waals surface area (Å²) in [6, 6.07) is 18.7. The van der Waals surface area contributed by atoms with Crippen LogP contribution < -0.4 is 5.32 Å². The third kappa shape index (κ3) is 6.20. The van der Waals surface area contributed by atoms with Crippen molar-refractivity contribution in [2.24, 2.45) is 0 Å². The van der Waals surface area contributed by atoms with Crippen molar-refractivity contribution >= 4 is 11.8 Å². The average molecular weight is 370 g/mol. The lowest BCUT2D eigenvalue weighted by Crippen LogP contribution is -2.46. The lowest BCUT2D eigenvalue weighted by molar-refractivity contribution is -0.146. The number of hydrogen-bond acceptors (Lipinski definition) is 4. The Kier molecular flexibility index (Phi) is 8.48. The number of amides is 2. The molecule has 0 aliphatic heterocycles. The highest BCUT2D eigenvalue weighted by Crippen LogP contribution is 2.21. The number of ether oxygens (including phenoxy) is 2. The molecule has 0 aliphatic rings. The van der Waals surface area contributed by atoms with E-state index in [9.17, 15) is 9.59 Å². The Labute approximate surface area is 160 Å². The molecule has 0 aliphatic carbocycles. The van der Waals surface area contributed by atoms with Crippen molar-refractivity contribution in [2.75, 3.05) is 40.5 Å². The number of nitrogens with zero attached hydrogens (tertiary/aromatic N) is 1. The van der Waals surface area contributed by atoms with Gasteiger partial charge in [-0.2, -0.15) is 0 Å². The Morgan fingerprint density at radius 1 is 0.852 bits per heavy atom. The van der Waals surface area contributed by atoms with Crippen LogP contribution in [0, 0.1) is 0 Å². The number of carbonyl (C=O) groups is 2. The van der Waals surface area contributed by atoms with Crippen LogP contribution in [0.25, 0.3) is 0 Å². The maximum atomic E-state index is 12.7. The van der Waals surface area contributed by atoms with Gasteiger partial charge in [0.15, 0.2) is 0 Å². The summed E-state index contributed by atoms with van der Waals surface area (Å²) >= 11 is 0. The fourth-order valence-corrected chi connectivity index (χ4v) is 2.70. The van der Waals surface area contributed by atoms with E-state index >= 15 is 0 Å². The Hall–Kier alpha value is -2.70. The predicted octanol–water partition coefficient (Wildman–Crippen LogP) is 2.01. The summed E-state index contributed by atoms with van der Waals surface area (Å²) in [5.74, 6) is -1.25. The van der Waals surface area contributed by atoms with E-state index in [-0.39, 0.29) is 0 Å². The van der Waals surface area contributed by atoms with Gasteiger partial charge in [0.05, 0.1) is 19.3 Å². The molecule has 0 bridgehead atoms. The Balaban J connectivity index is 2.17. The summed E-state index contributed by atoms with van der Waals surface area (Å²) in [4.78, 5) is 26.8. The first kappa shape index (κ1) is 20.6. The first-order valence-corrected chi connectivity index (χ1v) is 8.85. The number of methoxy groups -OCH3 is 2. The molecule has 0 fully saturated rings. The van der Waals surface area contributed by atoms with Crippen molar-refractivity contribution in [3.8, 4) is 0 Å². The zero-order valence-corrected chi connectivity index (χ0v) is 15.8. The van der Waals surface area contributed by atoms with Crippen molar-refractivity contribution < 1.29 is 19.1 Å². The Morgan fingerprint density at radius 3 is 1.70 bits per heavy atom. The summed E-state index contributed by atoms with van der Waals surface area (Å²) in [5.41, 5.74) is 1.82. The second-order valence-corrected chi connectivity index (χ2v) is 6.01. The number of carbonyl (C=O) groups excluding carboxylic acids is 2. The molecule has 2 aromatic carbocycles. The quantitative estimate of drug-likeness (QED) is 0.686. The van der Waals surface area contributed by atoms with Gasteiger partial charge in [-0.1, -0.05) is 60.7 Å². The van der Waals surface area contributed by atoms with Crippen LogP contribution >= 0.6 is 0 Å². The molecule has 0 saturated heterocycles. The van der Waals surface area contributed by atoms with Gasteiger partial charge in [-0.05, 0) is 11.1 Å². The van der Waals surface area contributed by atoms with Crippen LogP contribution in [0.4, 0.5) is 0 Å². The highest BCUT2D eigenvalue weighted by Gasteiger charge is 2.25. The molecule has 6 heteroatoms. The Bertz CT molecular complexity index is 659. The smallest absolute Gasteiger partial charge is 0.312 e. The minimum Gasteiger partial charge on any atom is -0.383 e. The van der Waals surface area contributed by atoms with Crippen molar-refractivity contribution in [3.05, 3.63) is 71.8 Å². The molecule has 0 unspecified atom stereocenters. The number of benzene rings is 2. The van der Waals surface area contributed by atoms with Gasteiger partial charge in [-0.15, -0.1) is 0 Å².